The second-order valence-corrected chi connectivity index (χ2v) is 8.72. The smallest absolute Gasteiger partial charge is 0.253 e. The van der Waals surface area contributed by atoms with E-state index in [4.69, 9.17) is 0 Å². The number of aromatic nitrogens is 1. The number of hydrogen-bond donors (Lipinski definition) is 0. The van der Waals surface area contributed by atoms with Crippen molar-refractivity contribution in [1.29, 1.82) is 0 Å². The molecule has 1 saturated heterocycles. The van der Waals surface area contributed by atoms with E-state index in [1.165, 1.54) is 16.4 Å². The van der Waals surface area contributed by atoms with Crippen LogP contribution in [0, 0.1) is 23.5 Å². The molecule has 1 aliphatic rings. The van der Waals surface area contributed by atoms with Crippen LogP contribution in [0.15, 0.2) is 29.2 Å². The number of anilines is 1. The van der Waals surface area contributed by atoms with Gasteiger partial charge in [-0.25, -0.2) is 8.42 Å². The highest BCUT2D eigenvalue weighted by Crippen LogP contribution is 2.28. The SMILES string of the molecule is CC(C)c1ccc(S(=O)(=O)N2CCN(c3c(F)c(F)nc(F)c3F)CC2)cc1. The maximum Gasteiger partial charge on any atom is 0.253 e. The highest BCUT2D eigenvalue weighted by Gasteiger charge is 2.32. The molecule has 0 bridgehead atoms. The highest BCUT2D eigenvalue weighted by molar-refractivity contribution is 7.89. The van der Waals surface area contributed by atoms with Gasteiger partial charge in [-0.2, -0.15) is 26.9 Å². The van der Waals surface area contributed by atoms with Gasteiger partial charge in [0.2, 0.25) is 21.7 Å². The molecule has 1 fully saturated rings. The summed E-state index contributed by atoms with van der Waals surface area (Å²) in [5.74, 6) is -6.42. The molecule has 0 N–H and O–H groups in total. The molecule has 2 heterocycles. The summed E-state index contributed by atoms with van der Waals surface area (Å²) < 4.78 is 81.2. The summed E-state index contributed by atoms with van der Waals surface area (Å²) in [6.07, 6.45) is 0. The molecule has 3 rings (SSSR count). The van der Waals surface area contributed by atoms with Crippen molar-refractivity contribution < 1.29 is 26.0 Å². The lowest BCUT2D eigenvalue weighted by molar-refractivity contribution is 0.369. The van der Waals surface area contributed by atoms with Gasteiger partial charge in [0.25, 0.3) is 11.9 Å². The van der Waals surface area contributed by atoms with Crippen LogP contribution < -0.4 is 4.90 Å². The van der Waals surface area contributed by atoms with Gasteiger partial charge in [0.1, 0.15) is 5.69 Å². The van der Waals surface area contributed by atoms with Gasteiger partial charge >= 0.3 is 0 Å². The highest BCUT2D eigenvalue weighted by atomic mass is 32.2. The molecule has 1 aliphatic heterocycles. The fraction of sp³-hybridized carbons (Fsp3) is 0.389. The first-order valence-corrected chi connectivity index (χ1v) is 10.1. The van der Waals surface area contributed by atoms with E-state index in [0.29, 0.717) is 0 Å². The van der Waals surface area contributed by atoms with E-state index >= 15 is 0 Å². The monoisotopic (exact) mass is 417 g/mol. The first-order valence-electron chi connectivity index (χ1n) is 8.68. The Morgan fingerprint density at radius 1 is 0.893 bits per heavy atom. The molecule has 152 valence electrons. The average Bonchev–Trinajstić information content (AvgIpc) is 2.67. The molecule has 0 aliphatic carbocycles. The number of benzene rings is 1. The summed E-state index contributed by atoms with van der Waals surface area (Å²) in [5.41, 5.74) is 0.125. The predicted octanol–water partition coefficient (Wildman–Crippen LogP) is 3.27. The van der Waals surface area contributed by atoms with Crippen molar-refractivity contribution in [3.05, 3.63) is 53.4 Å². The Bertz CT molecular complexity index is 947. The van der Waals surface area contributed by atoms with Gasteiger partial charge in [0.05, 0.1) is 4.90 Å². The van der Waals surface area contributed by atoms with Crippen molar-refractivity contribution in [3.8, 4) is 0 Å². The normalized spacial score (nSPS) is 16.0. The molecular weight excluding hydrogens is 398 g/mol. The Labute approximate surface area is 160 Å². The van der Waals surface area contributed by atoms with Crippen molar-refractivity contribution in [3.63, 3.8) is 0 Å². The van der Waals surface area contributed by atoms with Crippen molar-refractivity contribution in [2.75, 3.05) is 31.1 Å². The number of nitrogens with zero attached hydrogens (tertiary/aromatic N) is 3. The third kappa shape index (κ3) is 3.70. The molecule has 28 heavy (non-hydrogen) atoms. The number of pyridine rings is 1. The fourth-order valence-corrected chi connectivity index (χ4v) is 4.50. The third-order valence-electron chi connectivity index (χ3n) is 4.71. The van der Waals surface area contributed by atoms with Crippen LogP contribution in [-0.4, -0.2) is 43.9 Å². The molecule has 0 unspecified atom stereocenters. The van der Waals surface area contributed by atoms with Crippen LogP contribution in [-0.2, 0) is 10.0 Å². The van der Waals surface area contributed by atoms with E-state index in [2.05, 4.69) is 4.98 Å². The van der Waals surface area contributed by atoms with Crippen LogP contribution in [0.3, 0.4) is 0 Å². The summed E-state index contributed by atoms with van der Waals surface area (Å²) >= 11 is 0. The van der Waals surface area contributed by atoms with Crippen molar-refractivity contribution >= 4 is 15.7 Å². The van der Waals surface area contributed by atoms with Crippen molar-refractivity contribution in [1.82, 2.24) is 9.29 Å². The Kier molecular flexibility index (Phi) is 5.62. The molecular formula is C18H19F4N3O2S. The molecule has 0 radical (unpaired) electrons. The zero-order valence-electron chi connectivity index (χ0n) is 15.3. The number of halogens is 4. The second-order valence-electron chi connectivity index (χ2n) is 6.78. The number of hydrogen-bond acceptors (Lipinski definition) is 4. The average molecular weight is 417 g/mol. The van der Waals surface area contributed by atoms with E-state index in [1.54, 1.807) is 12.1 Å². The van der Waals surface area contributed by atoms with E-state index < -0.39 is 39.2 Å². The van der Waals surface area contributed by atoms with E-state index in [0.717, 1.165) is 10.5 Å². The van der Waals surface area contributed by atoms with Gasteiger partial charge in [0.15, 0.2) is 0 Å². The minimum Gasteiger partial charge on any atom is -0.364 e. The Balaban J connectivity index is 1.78. The largest absolute Gasteiger partial charge is 0.364 e. The number of rotatable bonds is 4. The lowest BCUT2D eigenvalue weighted by Crippen LogP contribution is -2.49. The lowest BCUT2D eigenvalue weighted by Gasteiger charge is -2.35. The summed E-state index contributed by atoms with van der Waals surface area (Å²) in [6.45, 7) is 3.56. The van der Waals surface area contributed by atoms with Gasteiger partial charge < -0.3 is 4.90 Å². The zero-order valence-corrected chi connectivity index (χ0v) is 16.1. The molecule has 10 heteroatoms. The van der Waals surface area contributed by atoms with Crippen LogP contribution in [0.2, 0.25) is 0 Å². The molecule has 0 spiro atoms. The third-order valence-corrected chi connectivity index (χ3v) is 6.63. The van der Waals surface area contributed by atoms with Gasteiger partial charge in [-0.1, -0.05) is 26.0 Å². The van der Waals surface area contributed by atoms with Gasteiger partial charge in [0, 0.05) is 26.2 Å². The first kappa shape index (κ1) is 20.5. The number of piperazine rings is 1. The van der Waals surface area contributed by atoms with Gasteiger partial charge in [-0.15, -0.1) is 0 Å². The van der Waals surface area contributed by atoms with E-state index in [1.807, 2.05) is 13.8 Å². The summed E-state index contributed by atoms with van der Waals surface area (Å²) in [7, 11) is -3.79. The summed E-state index contributed by atoms with van der Waals surface area (Å²) in [5, 5.41) is 0. The van der Waals surface area contributed by atoms with Crippen LogP contribution in [0.5, 0.6) is 0 Å². The maximum atomic E-state index is 13.9. The Morgan fingerprint density at radius 3 is 1.86 bits per heavy atom. The van der Waals surface area contributed by atoms with Crippen molar-refractivity contribution in [2.45, 2.75) is 24.7 Å². The molecule has 0 saturated carbocycles. The Morgan fingerprint density at radius 2 is 1.39 bits per heavy atom. The maximum absolute atomic E-state index is 13.9. The predicted molar refractivity (Wildman–Crippen MR) is 95.6 cm³/mol. The van der Waals surface area contributed by atoms with Crippen LogP contribution in [0.25, 0.3) is 0 Å². The summed E-state index contributed by atoms with van der Waals surface area (Å²) in [4.78, 5) is 3.72. The number of sulfonamides is 1. The van der Waals surface area contributed by atoms with E-state index in [9.17, 15) is 26.0 Å². The van der Waals surface area contributed by atoms with Crippen molar-refractivity contribution in [2.24, 2.45) is 0 Å². The van der Waals surface area contributed by atoms with Gasteiger partial charge in [-0.05, 0) is 23.6 Å². The Hall–Kier alpha value is -2.20. The topological polar surface area (TPSA) is 53.5 Å². The minimum atomic E-state index is -3.79. The van der Waals surface area contributed by atoms with Gasteiger partial charge in [-0.3, -0.25) is 0 Å². The molecule has 0 amide bonds. The summed E-state index contributed by atoms with van der Waals surface area (Å²) in [6, 6.07) is 6.51. The second kappa shape index (κ2) is 7.67. The standard InChI is InChI=1S/C18H19F4N3O2S/c1-11(2)12-3-5-13(6-4-12)28(26,27)25-9-7-24(8-10-25)16-14(19)17(21)23-18(22)15(16)20/h3-6,11H,7-10H2,1-2H3. The molecule has 1 aromatic heterocycles. The van der Waals surface area contributed by atoms with Crippen LogP contribution in [0.1, 0.15) is 25.3 Å². The van der Waals surface area contributed by atoms with Crippen LogP contribution in [0.4, 0.5) is 23.2 Å². The van der Waals surface area contributed by atoms with Crippen LogP contribution >= 0.6 is 0 Å². The molecule has 5 nitrogen and oxygen atoms in total. The quantitative estimate of drug-likeness (QED) is 0.566. The zero-order chi connectivity index (χ0) is 20.6. The molecule has 1 aromatic carbocycles. The minimum absolute atomic E-state index is 0.0846. The lowest BCUT2D eigenvalue weighted by atomic mass is 10.0. The molecule has 0 atom stereocenters. The fourth-order valence-electron chi connectivity index (χ4n) is 3.08. The molecule has 2 aromatic rings. The first-order chi connectivity index (χ1) is 13.1. The van der Waals surface area contributed by atoms with E-state index in [-0.39, 0.29) is 37.0 Å².